The molecule has 136 valence electrons. The maximum Gasteiger partial charge on any atom is 0.266 e. The fourth-order valence-corrected chi connectivity index (χ4v) is 3.44. The van der Waals surface area contributed by atoms with Crippen LogP contribution in [0.25, 0.3) is 28.8 Å². The van der Waals surface area contributed by atoms with Gasteiger partial charge in [0.25, 0.3) is 5.71 Å². The molecule has 0 spiro atoms. The van der Waals surface area contributed by atoms with Crippen molar-refractivity contribution in [2.75, 3.05) is 0 Å². The number of carbonyl (C=O) groups is 2. The molecule has 2 aromatic heterocycles. The van der Waals surface area contributed by atoms with Crippen LogP contribution in [0.2, 0.25) is 10.0 Å². The summed E-state index contributed by atoms with van der Waals surface area (Å²) in [5.74, 6) is -0.130. The van der Waals surface area contributed by atoms with Gasteiger partial charge >= 0.3 is 0 Å². The zero-order valence-electron chi connectivity index (χ0n) is 14.0. The van der Waals surface area contributed by atoms with Gasteiger partial charge in [-0.3, -0.25) is 9.59 Å². The van der Waals surface area contributed by atoms with Crippen LogP contribution < -0.4 is 0 Å². The molecule has 0 fully saturated rings. The Morgan fingerprint density at radius 2 is 1.50 bits per heavy atom. The molecule has 5 rings (SSSR count). The number of oxazole rings is 1. The number of carbonyl (C=O) groups excluding carboxylic acids is 2. The van der Waals surface area contributed by atoms with Crippen molar-refractivity contribution in [3.8, 4) is 11.5 Å². The van der Waals surface area contributed by atoms with Gasteiger partial charge < -0.3 is 8.83 Å². The minimum atomic E-state index is -0.426. The van der Waals surface area contributed by atoms with E-state index in [1.165, 1.54) is 18.2 Å². The van der Waals surface area contributed by atoms with Crippen molar-refractivity contribution in [1.82, 2.24) is 4.98 Å². The molecule has 0 N–H and O–H groups in total. The van der Waals surface area contributed by atoms with E-state index in [4.69, 9.17) is 32.0 Å². The number of ketones is 2. The summed E-state index contributed by atoms with van der Waals surface area (Å²) in [6, 6.07) is 13.8. The summed E-state index contributed by atoms with van der Waals surface area (Å²) in [4.78, 5) is 29.5. The van der Waals surface area contributed by atoms with Gasteiger partial charge in [0.2, 0.25) is 5.89 Å². The highest BCUT2D eigenvalue weighted by atomic mass is 35.5. The smallest absolute Gasteiger partial charge is 0.266 e. The highest BCUT2D eigenvalue weighted by Crippen LogP contribution is 2.35. The molecule has 2 heterocycles. The number of furan rings is 1. The van der Waals surface area contributed by atoms with E-state index in [2.05, 4.69) is 4.98 Å². The van der Waals surface area contributed by atoms with Crippen LogP contribution in [0.5, 0.6) is 0 Å². The van der Waals surface area contributed by atoms with Gasteiger partial charge in [0.1, 0.15) is 5.76 Å². The van der Waals surface area contributed by atoms with Crippen molar-refractivity contribution >= 4 is 52.1 Å². The summed E-state index contributed by atoms with van der Waals surface area (Å²) >= 11 is 11.9. The minimum absolute atomic E-state index is 0.0204. The fraction of sp³-hybridized carbons (Fsp3) is 0. The lowest BCUT2D eigenvalue weighted by molar-refractivity contribution is 0.0990. The van der Waals surface area contributed by atoms with Gasteiger partial charge in [0.15, 0.2) is 17.1 Å². The maximum absolute atomic E-state index is 12.6. The second-order valence-corrected chi connectivity index (χ2v) is 7.05. The lowest BCUT2D eigenvalue weighted by Gasteiger charge is -1.98. The monoisotopic (exact) mass is 409 g/mol. The molecule has 5 nitrogen and oxygen atoms in total. The molecule has 0 bridgehead atoms. The van der Waals surface area contributed by atoms with E-state index >= 15 is 0 Å². The van der Waals surface area contributed by atoms with Gasteiger partial charge in [-0.15, -0.1) is 0 Å². The lowest BCUT2D eigenvalue weighted by atomic mass is 10.1. The van der Waals surface area contributed by atoms with Crippen molar-refractivity contribution < 1.29 is 18.4 Å². The SMILES string of the molecule is O=C1C(=Cc2cc3oc(-c4ccccc4)nc3o2)C(=O)c2cc(Cl)c(Cl)cc21. The average molecular weight is 410 g/mol. The van der Waals surface area contributed by atoms with Crippen LogP contribution in [0, 0.1) is 0 Å². The first kappa shape index (κ1) is 17.0. The number of aromatic nitrogens is 1. The van der Waals surface area contributed by atoms with Gasteiger partial charge in [-0.05, 0) is 30.3 Å². The molecule has 0 unspecified atom stereocenters. The normalized spacial score (nSPS) is 13.4. The summed E-state index contributed by atoms with van der Waals surface area (Å²) in [6.07, 6.45) is 1.38. The summed E-state index contributed by atoms with van der Waals surface area (Å²) in [6.45, 7) is 0. The van der Waals surface area contributed by atoms with Crippen molar-refractivity contribution in [3.63, 3.8) is 0 Å². The molecule has 4 aromatic rings. The van der Waals surface area contributed by atoms with E-state index in [9.17, 15) is 9.59 Å². The second kappa shape index (κ2) is 6.19. The summed E-state index contributed by atoms with van der Waals surface area (Å²) in [5, 5.41) is 0.437. The van der Waals surface area contributed by atoms with Gasteiger partial charge in [0.05, 0.1) is 15.6 Å². The van der Waals surface area contributed by atoms with Gasteiger partial charge in [-0.25, -0.2) is 0 Å². The number of hydrogen-bond acceptors (Lipinski definition) is 5. The Labute approximate surface area is 168 Å². The quantitative estimate of drug-likeness (QED) is 0.306. The first-order valence-electron chi connectivity index (χ1n) is 8.27. The number of benzene rings is 2. The van der Waals surface area contributed by atoms with Crippen LogP contribution in [0.1, 0.15) is 26.5 Å². The molecule has 1 aliphatic carbocycles. The van der Waals surface area contributed by atoms with E-state index in [1.54, 1.807) is 6.07 Å². The number of rotatable bonds is 2. The Morgan fingerprint density at radius 1 is 0.857 bits per heavy atom. The van der Waals surface area contributed by atoms with E-state index in [1.807, 2.05) is 30.3 Å². The van der Waals surface area contributed by atoms with Crippen LogP contribution in [0.3, 0.4) is 0 Å². The Bertz CT molecular complexity index is 1240. The van der Waals surface area contributed by atoms with E-state index in [0.717, 1.165) is 5.56 Å². The summed E-state index contributed by atoms with van der Waals surface area (Å²) in [5.41, 5.74) is 1.96. The van der Waals surface area contributed by atoms with Crippen molar-refractivity contribution in [2.45, 2.75) is 0 Å². The standard InChI is InChI=1S/C21H9Cl2NO4/c22-15-8-12-13(9-16(15)23)19(26)14(18(12)25)6-11-7-17-21(27-11)24-20(28-17)10-4-2-1-3-5-10/h1-9H. The van der Waals surface area contributed by atoms with E-state index in [-0.39, 0.29) is 32.5 Å². The number of halogens is 2. The minimum Gasteiger partial charge on any atom is -0.436 e. The molecular weight excluding hydrogens is 401 g/mol. The largest absolute Gasteiger partial charge is 0.436 e. The van der Waals surface area contributed by atoms with E-state index < -0.39 is 11.6 Å². The summed E-state index contributed by atoms with van der Waals surface area (Å²) in [7, 11) is 0. The van der Waals surface area contributed by atoms with Crippen LogP contribution in [0.15, 0.2) is 62.9 Å². The Kier molecular flexibility index (Phi) is 3.75. The van der Waals surface area contributed by atoms with Gasteiger partial charge in [-0.1, -0.05) is 41.4 Å². The maximum atomic E-state index is 12.6. The zero-order valence-corrected chi connectivity index (χ0v) is 15.5. The molecule has 1 aliphatic rings. The third kappa shape index (κ3) is 2.59. The molecule has 0 radical (unpaired) electrons. The first-order chi connectivity index (χ1) is 13.5. The van der Waals surface area contributed by atoms with Crippen LogP contribution in [-0.4, -0.2) is 16.6 Å². The summed E-state index contributed by atoms with van der Waals surface area (Å²) < 4.78 is 11.3. The van der Waals surface area contributed by atoms with Crippen LogP contribution >= 0.6 is 23.2 Å². The first-order valence-corrected chi connectivity index (χ1v) is 9.03. The number of hydrogen-bond donors (Lipinski definition) is 0. The molecule has 0 atom stereocenters. The third-order valence-electron chi connectivity index (χ3n) is 4.45. The van der Waals surface area contributed by atoms with Gasteiger partial charge in [0, 0.05) is 22.8 Å². The van der Waals surface area contributed by atoms with Gasteiger partial charge in [-0.2, -0.15) is 4.98 Å². The van der Waals surface area contributed by atoms with Crippen molar-refractivity contribution in [3.05, 3.63) is 81.0 Å². The number of Topliss-reactive ketones (excluding diaryl/α,β-unsaturated/α-hetero) is 2. The average Bonchev–Trinajstić information content (AvgIpc) is 3.31. The number of allylic oxidation sites excluding steroid dienone is 1. The molecule has 0 aliphatic heterocycles. The lowest BCUT2D eigenvalue weighted by Crippen LogP contribution is -1.99. The van der Waals surface area contributed by atoms with E-state index in [0.29, 0.717) is 17.2 Å². The van der Waals surface area contributed by atoms with Crippen LogP contribution in [0.4, 0.5) is 0 Å². The Morgan fingerprint density at radius 3 is 2.11 bits per heavy atom. The molecular formula is C21H9Cl2NO4. The number of fused-ring (bicyclic) bond motifs is 2. The molecule has 2 aromatic carbocycles. The Balaban J connectivity index is 1.53. The second-order valence-electron chi connectivity index (χ2n) is 6.23. The molecule has 0 amide bonds. The molecule has 28 heavy (non-hydrogen) atoms. The van der Waals surface area contributed by atoms with Crippen LogP contribution in [-0.2, 0) is 0 Å². The number of nitrogens with zero attached hydrogens (tertiary/aromatic N) is 1. The highest BCUT2D eigenvalue weighted by molar-refractivity contribution is 6.46. The predicted octanol–water partition coefficient (Wildman–Crippen LogP) is 5.86. The third-order valence-corrected chi connectivity index (χ3v) is 5.18. The Hall–Kier alpha value is -3.15. The molecule has 7 heteroatoms. The van der Waals surface area contributed by atoms with Crippen molar-refractivity contribution in [1.29, 1.82) is 0 Å². The zero-order chi connectivity index (χ0) is 19.4. The molecule has 0 saturated heterocycles. The molecule has 0 saturated carbocycles. The highest BCUT2D eigenvalue weighted by Gasteiger charge is 2.34. The van der Waals surface area contributed by atoms with Crippen molar-refractivity contribution in [2.24, 2.45) is 0 Å². The fourth-order valence-electron chi connectivity index (χ4n) is 3.12. The predicted molar refractivity (Wildman–Crippen MR) is 105 cm³/mol. The topological polar surface area (TPSA) is 73.3 Å².